The van der Waals surface area contributed by atoms with Gasteiger partial charge in [0.1, 0.15) is 0 Å². The van der Waals surface area contributed by atoms with E-state index in [1.165, 1.54) is 11.8 Å². The average molecular weight is 170 g/mol. The summed E-state index contributed by atoms with van der Waals surface area (Å²) in [7, 11) is 0. The molecule has 0 aliphatic rings. The van der Waals surface area contributed by atoms with Gasteiger partial charge in [-0.15, -0.1) is 10.2 Å². The maximum Gasteiger partial charge on any atom is 0.210 e. The van der Waals surface area contributed by atoms with Crippen molar-refractivity contribution in [3.05, 3.63) is 5.69 Å². The number of aldehydes is 1. The molecule has 58 valence electrons. The largest absolute Gasteiger partial charge is 0.382 e. The lowest BCUT2D eigenvalue weighted by Gasteiger charge is -1.96. The molecule has 5 nitrogen and oxygen atoms in total. The summed E-state index contributed by atoms with van der Waals surface area (Å²) in [6.07, 6.45) is 2.33. The Bertz CT molecular complexity index is 277. The number of nitrogen functional groups attached to an aromatic ring is 1. The Labute approximate surface area is 67.4 Å². The molecule has 0 saturated carbocycles. The number of carbonyl (C=O) groups is 1. The molecule has 0 atom stereocenters. The predicted molar refractivity (Wildman–Crippen MR) is 41.4 cm³/mol. The molecule has 2 N–H and O–H groups in total. The minimum absolute atomic E-state index is 0.0859. The van der Waals surface area contributed by atoms with E-state index < -0.39 is 0 Å². The van der Waals surface area contributed by atoms with Crippen molar-refractivity contribution in [1.29, 1.82) is 0 Å². The summed E-state index contributed by atoms with van der Waals surface area (Å²) in [6.45, 7) is 0. The first-order valence-electron chi connectivity index (χ1n) is 2.77. The molecule has 11 heavy (non-hydrogen) atoms. The van der Waals surface area contributed by atoms with Crippen molar-refractivity contribution in [3.8, 4) is 0 Å². The van der Waals surface area contributed by atoms with Gasteiger partial charge in [-0.3, -0.25) is 4.79 Å². The highest BCUT2D eigenvalue weighted by Gasteiger charge is 2.02. The molecular formula is C5H6N4OS. The van der Waals surface area contributed by atoms with E-state index in [4.69, 9.17) is 5.73 Å². The number of rotatable bonds is 2. The van der Waals surface area contributed by atoms with Crippen LogP contribution in [0.3, 0.4) is 0 Å². The summed E-state index contributed by atoms with van der Waals surface area (Å²) in [5, 5.41) is 7.63. The van der Waals surface area contributed by atoms with Crippen molar-refractivity contribution in [1.82, 2.24) is 15.2 Å². The van der Waals surface area contributed by atoms with Crippen molar-refractivity contribution in [2.24, 2.45) is 0 Å². The molecule has 0 saturated heterocycles. The molecule has 0 spiro atoms. The van der Waals surface area contributed by atoms with Gasteiger partial charge in [0.2, 0.25) is 5.16 Å². The van der Waals surface area contributed by atoms with Crippen LogP contribution in [0, 0.1) is 0 Å². The quantitative estimate of drug-likeness (QED) is 0.496. The van der Waals surface area contributed by atoms with Crippen LogP contribution in [0.5, 0.6) is 0 Å². The van der Waals surface area contributed by atoms with Crippen LogP contribution in [0.2, 0.25) is 0 Å². The van der Waals surface area contributed by atoms with Gasteiger partial charge in [0.25, 0.3) is 0 Å². The van der Waals surface area contributed by atoms with Gasteiger partial charge in [0, 0.05) is 0 Å². The Morgan fingerprint density at radius 3 is 2.73 bits per heavy atom. The lowest BCUT2D eigenvalue weighted by Crippen LogP contribution is -2.03. The molecular weight excluding hydrogens is 164 g/mol. The molecule has 0 aliphatic carbocycles. The van der Waals surface area contributed by atoms with Crippen molar-refractivity contribution >= 4 is 23.9 Å². The smallest absolute Gasteiger partial charge is 0.210 e. The Hall–Kier alpha value is -1.17. The maximum absolute atomic E-state index is 10.2. The summed E-state index contributed by atoms with van der Waals surface area (Å²) in [4.78, 5) is 14.0. The van der Waals surface area contributed by atoms with Gasteiger partial charge in [-0.05, 0) is 6.26 Å². The molecule has 0 bridgehead atoms. The second-order valence-electron chi connectivity index (χ2n) is 1.69. The van der Waals surface area contributed by atoms with Gasteiger partial charge < -0.3 is 5.73 Å². The molecule has 6 heteroatoms. The van der Waals surface area contributed by atoms with Gasteiger partial charge >= 0.3 is 0 Å². The number of hydrogen-bond donors (Lipinski definition) is 1. The summed E-state index contributed by atoms with van der Waals surface area (Å²) in [6, 6.07) is 0. The van der Waals surface area contributed by atoms with Crippen molar-refractivity contribution in [3.63, 3.8) is 0 Å². The minimum Gasteiger partial charge on any atom is -0.382 e. The van der Waals surface area contributed by atoms with Crippen LogP contribution < -0.4 is 5.73 Å². The molecule has 0 amide bonds. The molecule has 0 unspecified atom stereocenters. The van der Waals surface area contributed by atoms with E-state index in [2.05, 4.69) is 15.2 Å². The molecule has 1 rings (SSSR count). The maximum atomic E-state index is 10.2. The first kappa shape index (κ1) is 7.93. The first-order valence-corrected chi connectivity index (χ1v) is 3.99. The molecule has 0 radical (unpaired) electrons. The molecule has 0 aliphatic heterocycles. The standard InChI is InChI=1S/C5H6N4OS/c1-11-5-7-4(6)3(2-10)8-9-5/h2H,1H3,(H2,6,7,9). The SMILES string of the molecule is CSc1nnc(C=O)c(N)n1. The summed E-state index contributed by atoms with van der Waals surface area (Å²) in [5.41, 5.74) is 5.44. The van der Waals surface area contributed by atoms with E-state index in [9.17, 15) is 4.79 Å². The number of aromatic nitrogens is 3. The third-order valence-electron chi connectivity index (χ3n) is 1.02. The number of nitrogens with two attached hydrogens (primary N) is 1. The third-order valence-corrected chi connectivity index (χ3v) is 1.55. The van der Waals surface area contributed by atoms with Crippen LogP contribution in [-0.2, 0) is 0 Å². The molecule has 1 aromatic rings. The van der Waals surface area contributed by atoms with E-state index in [-0.39, 0.29) is 11.5 Å². The van der Waals surface area contributed by atoms with E-state index in [0.29, 0.717) is 11.4 Å². The zero-order valence-electron chi connectivity index (χ0n) is 5.81. The Morgan fingerprint density at radius 1 is 1.55 bits per heavy atom. The van der Waals surface area contributed by atoms with Gasteiger partial charge in [-0.1, -0.05) is 11.8 Å². The third kappa shape index (κ3) is 1.64. The second kappa shape index (κ2) is 3.29. The Kier molecular flexibility index (Phi) is 2.37. The van der Waals surface area contributed by atoms with E-state index in [0.717, 1.165) is 0 Å². The monoisotopic (exact) mass is 170 g/mol. The fourth-order valence-electron chi connectivity index (χ4n) is 0.501. The number of thioether (sulfide) groups is 1. The highest BCUT2D eigenvalue weighted by atomic mass is 32.2. The normalized spacial score (nSPS) is 9.55. The molecule has 0 aromatic carbocycles. The van der Waals surface area contributed by atoms with Crippen LogP contribution in [0.4, 0.5) is 5.82 Å². The zero-order chi connectivity index (χ0) is 8.27. The van der Waals surface area contributed by atoms with E-state index in [1.807, 2.05) is 0 Å². The van der Waals surface area contributed by atoms with E-state index >= 15 is 0 Å². The fourth-order valence-corrected chi connectivity index (χ4v) is 0.813. The molecule has 1 aromatic heterocycles. The molecule has 0 fully saturated rings. The summed E-state index contributed by atoms with van der Waals surface area (Å²) in [5.74, 6) is 0.124. The first-order chi connectivity index (χ1) is 5.27. The topological polar surface area (TPSA) is 81.8 Å². The number of hydrogen-bond acceptors (Lipinski definition) is 6. The Morgan fingerprint density at radius 2 is 2.27 bits per heavy atom. The van der Waals surface area contributed by atoms with E-state index in [1.54, 1.807) is 6.26 Å². The van der Waals surface area contributed by atoms with Crippen molar-refractivity contribution in [2.45, 2.75) is 5.16 Å². The summed E-state index contributed by atoms with van der Waals surface area (Å²) < 4.78 is 0. The van der Waals surface area contributed by atoms with Gasteiger partial charge in [0.05, 0.1) is 0 Å². The lowest BCUT2D eigenvalue weighted by atomic mass is 10.5. The highest BCUT2D eigenvalue weighted by molar-refractivity contribution is 7.98. The van der Waals surface area contributed by atoms with Crippen LogP contribution in [-0.4, -0.2) is 27.7 Å². The van der Waals surface area contributed by atoms with Crippen molar-refractivity contribution < 1.29 is 4.79 Å². The molecule has 1 heterocycles. The highest BCUT2D eigenvalue weighted by Crippen LogP contribution is 2.09. The van der Waals surface area contributed by atoms with Gasteiger partial charge in [-0.2, -0.15) is 0 Å². The number of anilines is 1. The zero-order valence-corrected chi connectivity index (χ0v) is 6.63. The number of nitrogens with zero attached hydrogens (tertiary/aromatic N) is 3. The van der Waals surface area contributed by atoms with Gasteiger partial charge in [0.15, 0.2) is 17.8 Å². The van der Waals surface area contributed by atoms with Crippen LogP contribution in [0.1, 0.15) is 10.5 Å². The fraction of sp³-hybridized carbons (Fsp3) is 0.200. The predicted octanol–water partition coefficient (Wildman–Crippen LogP) is -0.0118. The summed E-state index contributed by atoms with van der Waals surface area (Å²) >= 11 is 1.32. The minimum atomic E-state index is 0.0859. The number of carbonyl (C=O) groups excluding carboxylic acids is 1. The Balaban J connectivity index is 3.09. The van der Waals surface area contributed by atoms with Crippen LogP contribution in [0.25, 0.3) is 0 Å². The van der Waals surface area contributed by atoms with Crippen LogP contribution in [0.15, 0.2) is 5.16 Å². The lowest BCUT2D eigenvalue weighted by molar-refractivity contribution is 0.111. The second-order valence-corrected chi connectivity index (χ2v) is 2.46. The van der Waals surface area contributed by atoms with Gasteiger partial charge in [-0.25, -0.2) is 4.98 Å². The van der Waals surface area contributed by atoms with Crippen LogP contribution >= 0.6 is 11.8 Å². The van der Waals surface area contributed by atoms with Crippen molar-refractivity contribution in [2.75, 3.05) is 12.0 Å². The average Bonchev–Trinajstić information content (AvgIpc) is 2.04.